The summed E-state index contributed by atoms with van der Waals surface area (Å²) in [6, 6.07) is 13.3. The average Bonchev–Trinajstić information content (AvgIpc) is 3.29. The number of hydrogen-bond donors (Lipinski definition) is 2. The minimum atomic E-state index is -1.42. The standard InChI is InChI=1S/C48H52F4N4O4/c1-5-27-23-55(17-13-29(27)19-41(55)47(57)33-11-15-53-39-9-7-31(59-3)21-35(33)39)25-37-43(49)45(51)38(46(52)44(37)50)26-56-18-14-30(28(6-2)24-56)20-42(56)48(58)34-12-16-54-40-10-8-32(60-4)22-36(34)40/h5-12,15-16,21-22,27-30,41-42,47-48,57-58H,1-2,13-14,17-20,23-26H2,3-4H3/q+2/t27-,28-,29-,30-,41-,42-,47+,48+,55-,56-/m0/s1. The summed E-state index contributed by atoms with van der Waals surface area (Å²) >= 11 is 0. The molecule has 12 heteroatoms. The Kier molecular flexibility index (Phi) is 10.5. The van der Waals surface area contributed by atoms with E-state index in [0.717, 1.165) is 0 Å². The van der Waals surface area contributed by atoms with Crippen LogP contribution in [0.15, 0.2) is 86.2 Å². The first-order valence-corrected chi connectivity index (χ1v) is 21.0. The first kappa shape index (κ1) is 40.5. The van der Waals surface area contributed by atoms with Crippen LogP contribution in [0.2, 0.25) is 0 Å². The van der Waals surface area contributed by atoms with Crippen molar-refractivity contribution in [2.24, 2.45) is 23.7 Å². The van der Waals surface area contributed by atoms with E-state index in [0.29, 0.717) is 96.3 Å². The maximum Gasteiger partial charge on any atom is 0.171 e. The normalized spacial score (nSPS) is 29.4. The fourth-order valence-electron chi connectivity index (χ4n) is 11.9. The predicted molar refractivity (Wildman–Crippen MR) is 221 cm³/mol. The van der Waals surface area contributed by atoms with E-state index in [2.05, 4.69) is 23.1 Å². The van der Waals surface area contributed by atoms with Crippen molar-refractivity contribution in [2.45, 2.75) is 63.1 Å². The number of methoxy groups -OCH3 is 2. The summed E-state index contributed by atoms with van der Waals surface area (Å²) in [5.41, 5.74) is 1.19. The highest BCUT2D eigenvalue weighted by molar-refractivity contribution is 5.84. The fourth-order valence-corrected chi connectivity index (χ4v) is 11.9. The van der Waals surface area contributed by atoms with E-state index in [4.69, 9.17) is 9.47 Å². The molecule has 6 fully saturated rings. The van der Waals surface area contributed by atoms with Crippen LogP contribution in [0.3, 0.4) is 0 Å². The third kappa shape index (κ3) is 6.49. The lowest BCUT2D eigenvalue weighted by Crippen LogP contribution is -2.68. The van der Waals surface area contributed by atoms with E-state index < -0.39 is 58.7 Å². The summed E-state index contributed by atoms with van der Waals surface area (Å²) < 4.78 is 78.3. The number of benzene rings is 3. The molecule has 0 saturated carbocycles. The zero-order chi connectivity index (χ0) is 42.1. The Balaban J connectivity index is 1.09. The van der Waals surface area contributed by atoms with Crippen molar-refractivity contribution in [1.82, 2.24) is 9.97 Å². The number of fused-ring (bicyclic) bond motifs is 8. The molecule has 0 radical (unpaired) electrons. The van der Waals surface area contributed by atoms with Gasteiger partial charge in [-0.15, -0.1) is 13.2 Å². The van der Waals surface area contributed by atoms with Crippen LogP contribution in [-0.2, 0) is 13.1 Å². The maximum absolute atomic E-state index is 16.8. The summed E-state index contributed by atoms with van der Waals surface area (Å²) in [4.78, 5) is 8.94. The van der Waals surface area contributed by atoms with Crippen molar-refractivity contribution in [3.63, 3.8) is 0 Å². The molecule has 6 aliphatic rings. The lowest BCUT2D eigenvalue weighted by Gasteiger charge is -2.58. The molecule has 10 atom stereocenters. The van der Waals surface area contributed by atoms with Crippen LogP contribution in [0, 0.1) is 46.9 Å². The molecule has 60 heavy (non-hydrogen) atoms. The van der Waals surface area contributed by atoms with Gasteiger partial charge in [0.15, 0.2) is 23.3 Å². The molecule has 4 bridgehead atoms. The Morgan fingerprint density at radius 2 is 1.07 bits per heavy atom. The number of hydrogen-bond acceptors (Lipinski definition) is 6. The average molecular weight is 825 g/mol. The van der Waals surface area contributed by atoms with E-state index in [1.165, 1.54) is 0 Å². The highest BCUT2D eigenvalue weighted by Gasteiger charge is 2.57. The molecule has 0 aliphatic carbocycles. The first-order chi connectivity index (χ1) is 28.9. The molecule has 11 rings (SSSR count). The van der Waals surface area contributed by atoms with Crippen LogP contribution in [-0.4, -0.2) is 81.6 Å². The Labute approximate surface area is 347 Å². The molecule has 2 aromatic heterocycles. The van der Waals surface area contributed by atoms with Gasteiger partial charge >= 0.3 is 0 Å². The zero-order valence-corrected chi connectivity index (χ0v) is 34.0. The van der Waals surface area contributed by atoms with E-state index in [1.54, 1.807) is 50.9 Å². The summed E-state index contributed by atoms with van der Waals surface area (Å²) in [6.07, 6.45) is 7.30. The van der Waals surface area contributed by atoms with Gasteiger partial charge in [-0.05, 0) is 71.5 Å². The lowest BCUT2D eigenvalue weighted by molar-refractivity contribution is -0.985. The Morgan fingerprint density at radius 1 is 0.667 bits per heavy atom. The van der Waals surface area contributed by atoms with Gasteiger partial charge in [-0.25, -0.2) is 17.6 Å². The van der Waals surface area contributed by atoms with Crippen LogP contribution in [0.1, 0.15) is 60.1 Å². The van der Waals surface area contributed by atoms with E-state index in [-0.39, 0.29) is 45.7 Å². The van der Waals surface area contributed by atoms with Crippen molar-refractivity contribution in [1.29, 1.82) is 0 Å². The second-order valence-corrected chi connectivity index (χ2v) is 17.7. The highest BCUT2D eigenvalue weighted by atomic mass is 19.2. The quantitative estimate of drug-likeness (QED) is 0.0568. The number of aliphatic hydroxyl groups is 2. The summed E-state index contributed by atoms with van der Waals surface area (Å²) in [7, 11) is 3.11. The summed E-state index contributed by atoms with van der Waals surface area (Å²) in [5, 5.41) is 25.9. The van der Waals surface area contributed by atoms with Crippen molar-refractivity contribution < 1.29 is 46.2 Å². The number of piperidine rings is 6. The van der Waals surface area contributed by atoms with E-state index >= 15 is 17.6 Å². The third-order valence-corrected chi connectivity index (χ3v) is 15.1. The molecule has 8 nitrogen and oxygen atoms in total. The van der Waals surface area contributed by atoms with Crippen LogP contribution < -0.4 is 9.47 Å². The van der Waals surface area contributed by atoms with E-state index in [1.807, 2.05) is 36.4 Å². The smallest absolute Gasteiger partial charge is 0.171 e. The molecule has 8 heterocycles. The lowest BCUT2D eigenvalue weighted by atomic mass is 9.71. The maximum atomic E-state index is 16.8. The molecule has 6 aliphatic heterocycles. The van der Waals surface area contributed by atoms with Crippen molar-refractivity contribution in [2.75, 3.05) is 40.4 Å². The highest BCUT2D eigenvalue weighted by Crippen LogP contribution is 2.51. The molecule has 3 aromatic carbocycles. The Bertz CT molecular complexity index is 2300. The van der Waals surface area contributed by atoms with Gasteiger partial charge in [0.05, 0.1) is 62.6 Å². The minimum absolute atomic E-state index is 0.00540. The molecule has 6 saturated heterocycles. The Morgan fingerprint density at radius 3 is 1.43 bits per heavy atom. The largest absolute Gasteiger partial charge is 0.497 e. The molecular formula is C48H52F4N4O4+2. The SMILES string of the molecule is C=C[C@H]1C[N@+]2(Cc3c(F)c(F)c(C[N@@+]45CC[C@@H](C[C@H]4[C@H](O)c4ccnc6ccc(OC)cc46)[C@@H](C=C)C5)c(F)c3F)CC[C@H]1C[C@H]2[C@H](O)c1ccnc2ccc(OC)cc12. The number of ether oxygens (including phenoxy) is 2. The van der Waals surface area contributed by atoms with Crippen LogP contribution in [0.25, 0.3) is 21.8 Å². The van der Waals surface area contributed by atoms with Crippen molar-refractivity contribution in [3.05, 3.63) is 132 Å². The van der Waals surface area contributed by atoms with Crippen LogP contribution >= 0.6 is 0 Å². The zero-order valence-electron chi connectivity index (χ0n) is 34.0. The van der Waals surface area contributed by atoms with Gasteiger partial charge < -0.3 is 28.7 Å². The van der Waals surface area contributed by atoms with Crippen molar-refractivity contribution >= 4 is 21.8 Å². The van der Waals surface area contributed by atoms with Gasteiger partial charge in [-0.1, -0.05) is 12.2 Å². The monoisotopic (exact) mass is 824 g/mol. The van der Waals surface area contributed by atoms with Gasteiger partial charge in [0.2, 0.25) is 0 Å². The number of aromatic nitrogens is 2. The van der Waals surface area contributed by atoms with Gasteiger partial charge in [0.1, 0.15) is 48.9 Å². The van der Waals surface area contributed by atoms with Gasteiger partial charge in [0.25, 0.3) is 0 Å². The fraction of sp³-hybridized carbons (Fsp3) is 0.417. The molecule has 2 N–H and O–H groups in total. The molecule has 5 aromatic rings. The second-order valence-electron chi connectivity index (χ2n) is 17.7. The summed E-state index contributed by atoms with van der Waals surface area (Å²) in [5.74, 6) is -4.12. The second kappa shape index (κ2) is 15.5. The number of nitrogens with zero attached hydrogens (tertiary/aromatic N) is 4. The van der Waals surface area contributed by atoms with Crippen LogP contribution in [0.5, 0.6) is 11.5 Å². The molecule has 0 amide bonds. The molecule has 0 unspecified atom stereocenters. The first-order valence-electron chi connectivity index (χ1n) is 21.0. The molecule has 314 valence electrons. The van der Waals surface area contributed by atoms with Crippen molar-refractivity contribution in [3.8, 4) is 11.5 Å². The number of quaternary nitrogens is 2. The number of aliphatic hydroxyl groups excluding tert-OH is 2. The van der Waals surface area contributed by atoms with E-state index in [9.17, 15) is 10.2 Å². The minimum Gasteiger partial charge on any atom is -0.497 e. The van der Waals surface area contributed by atoms with Gasteiger partial charge in [0, 0.05) is 60.7 Å². The molecular weight excluding hydrogens is 773 g/mol. The van der Waals surface area contributed by atoms with Crippen LogP contribution in [0.4, 0.5) is 17.6 Å². The Hall–Kier alpha value is -4.88. The predicted octanol–water partition coefficient (Wildman–Crippen LogP) is 8.65. The number of pyridine rings is 2. The molecule has 0 spiro atoms. The topological polar surface area (TPSA) is 84.7 Å². The van der Waals surface area contributed by atoms with Gasteiger partial charge in [-0.2, -0.15) is 0 Å². The number of rotatable bonds is 12. The summed E-state index contributed by atoms with van der Waals surface area (Å²) in [6.45, 7) is 9.15. The third-order valence-electron chi connectivity index (χ3n) is 15.1. The van der Waals surface area contributed by atoms with Gasteiger partial charge in [-0.3, -0.25) is 9.97 Å². The number of halogens is 4.